The third-order valence-corrected chi connectivity index (χ3v) is 6.47. The molecule has 1 fully saturated rings. The van der Waals surface area contributed by atoms with Gasteiger partial charge < -0.3 is 24.7 Å². The van der Waals surface area contributed by atoms with E-state index in [1.807, 2.05) is 41.3 Å². The topological polar surface area (TPSA) is 123 Å². The summed E-state index contributed by atoms with van der Waals surface area (Å²) < 4.78 is 11.7. The van der Waals surface area contributed by atoms with Crippen LogP contribution < -0.4 is 20.3 Å². The normalized spacial score (nSPS) is 16.7. The Morgan fingerprint density at radius 1 is 1.16 bits per heavy atom. The number of benzene rings is 2. The van der Waals surface area contributed by atoms with E-state index in [1.165, 1.54) is 26.2 Å². The van der Waals surface area contributed by atoms with Crippen molar-refractivity contribution >= 4 is 40.3 Å². The number of carbonyl (C=O) groups is 1. The highest BCUT2D eigenvalue weighted by Gasteiger charge is 2.42. The van der Waals surface area contributed by atoms with Gasteiger partial charge in [0.1, 0.15) is 23.3 Å². The van der Waals surface area contributed by atoms with Crippen molar-refractivity contribution in [2.75, 3.05) is 17.3 Å². The molecule has 192 valence electrons. The molecule has 4 aromatic rings. The molecule has 0 radical (unpaired) electrons. The zero-order chi connectivity index (χ0) is 26.8. The number of nitro groups is 1. The predicted octanol–water partition coefficient (Wildman–Crippen LogP) is 5.39. The standard InChI is InChI=1S/C27H23N5O5S/c1-16(33)29-21-15-19(10-11-23(21)36-2)31-26(25(30-27(31)38)20-5-3-4-14-28-20)24-13-12-22(37-24)17-6-8-18(9-7-17)32(34)35/h3-15,25-26H,1-2H3,(H,29,33)(H,30,38)/t25-,26+/m0/s1. The first-order valence-electron chi connectivity index (χ1n) is 11.7. The van der Waals surface area contributed by atoms with Gasteiger partial charge in [-0.1, -0.05) is 6.07 Å². The van der Waals surface area contributed by atoms with Crippen molar-refractivity contribution in [3.8, 4) is 17.1 Å². The number of rotatable bonds is 7. The average molecular weight is 530 g/mol. The van der Waals surface area contributed by atoms with Crippen LogP contribution in [0.2, 0.25) is 0 Å². The van der Waals surface area contributed by atoms with Gasteiger partial charge in [-0.15, -0.1) is 0 Å². The zero-order valence-corrected chi connectivity index (χ0v) is 21.3. The minimum atomic E-state index is -0.443. The summed E-state index contributed by atoms with van der Waals surface area (Å²) in [5, 5.41) is 17.7. The van der Waals surface area contributed by atoms with Gasteiger partial charge in [0.25, 0.3) is 5.69 Å². The fourth-order valence-corrected chi connectivity index (χ4v) is 4.82. The Kier molecular flexibility index (Phi) is 6.75. The molecule has 0 aliphatic carbocycles. The molecule has 10 nitrogen and oxygen atoms in total. The molecule has 1 amide bonds. The molecule has 1 aliphatic rings. The van der Waals surface area contributed by atoms with Gasteiger partial charge in [0.2, 0.25) is 5.91 Å². The van der Waals surface area contributed by atoms with E-state index in [-0.39, 0.29) is 17.6 Å². The fourth-order valence-electron chi connectivity index (χ4n) is 4.47. The maximum absolute atomic E-state index is 11.8. The monoisotopic (exact) mass is 529 g/mol. The quantitative estimate of drug-likeness (QED) is 0.184. The van der Waals surface area contributed by atoms with Crippen molar-refractivity contribution in [3.05, 3.63) is 101 Å². The Balaban J connectivity index is 1.58. The van der Waals surface area contributed by atoms with E-state index in [0.717, 1.165) is 5.69 Å². The fraction of sp³-hybridized carbons (Fsp3) is 0.148. The first kappa shape index (κ1) is 24.9. The molecule has 2 atom stereocenters. The number of hydrogen-bond donors (Lipinski definition) is 2. The number of anilines is 2. The number of amides is 1. The van der Waals surface area contributed by atoms with Crippen molar-refractivity contribution in [3.63, 3.8) is 0 Å². The number of thiocarbonyl (C=S) groups is 1. The molecule has 0 unspecified atom stereocenters. The van der Waals surface area contributed by atoms with Crippen LogP contribution >= 0.6 is 12.2 Å². The SMILES string of the molecule is COc1ccc(N2C(=S)N[C@@H](c3ccccn3)[C@H]2c2ccc(-c3ccc([N+](=O)[O-])cc3)o2)cc1NC(C)=O. The molecule has 2 aromatic heterocycles. The zero-order valence-electron chi connectivity index (χ0n) is 20.5. The maximum Gasteiger partial charge on any atom is 0.269 e. The highest BCUT2D eigenvalue weighted by atomic mass is 32.1. The first-order chi connectivity index (χ1) is 18.4. The van der Waals surface area contributed by atoms with Crippen LogP contribution in [0.1, 0.15) is 30.5 Å². The number of hydrogen-bond acceptors (Lipinski definition) is 7. The lowest BCUT2D eigenvalue weighted by atomic mass is 10.0. The predicted molar refractivity (Wildman–Crippen MR) is 146 cm³/mol. The van der Waals surface area contributed by atoms with Crippen molar-refractivity contribution in [2.45, 2.75) is 19.0 Å². The van der Waals surface area contributed by atoms with Crippen LogP contribution in [0.5, 0.6) is 5.75 Å². The van der Waals surface area contributed by atoms with Gasteiger partial charge in [-0.3, -0.25) is 19.9 Å². The maximum atomic E-state index is 11.8. The van der Waals surface area contributed by atoms with Gasteiger partial charge in [-0.2, -0.15) is 0 Å². The van der Waals surface area contributed by atoms with E-state index < -0.39 is 11.0 Å². The minimum absolute atomic E-state index is 0.00161. The largest absolute Gasteiger partial charge is 0.495 e. The molecule has 11 heteroatoms. The minimum Gasteiger partial charge on any atom is -0.495 e. The molecule has 1 aliphatic heterocycles. The van der Waals surface area contributed by atoms with Crippen LogP contribution in [0.25, 0.3) is 11.3 Å². The van der Waals surface area contributed by atoms with Gasteiger partial charge in [-0.25, -0.2) is 0 Å². The van der Waals surface area contributed by atoms with Crippen LogP contribution in [-0.2, 0) is 4.79 Å². The lowest BCUT2D eigenvalue weighted by molar-refractivity contribution is -0.384. The molecule has 0 spiro atoms. The smallest absolute Gasteiger partial charge is 0.269 e. The third kappa shape index (κ3) is 4.78. The van der Waals surface area contributed by atoms with Gasteiger partial charge in [0, 0.05) is 36.5 Å². The lowest BCUT2D eigenvalue weighted by Crippen LogP contribution is -2.29. The molecule has 2 N–H and O–H groups in total. The van der Waals surface area contributed by atoms with Crippen LogP contribution in [0.15, 0.2) is 83.4 Å². The van der Waals surface area contributed by atoms with E-state index in [2.05, 4.69) is 15.6 Å². The van der Waals surface area contributed by atoms with E-state index in [0.29, 0.717) is 39.3 Å². The molecule has 5 rings (SSSR count). The Morgan fingerprint density at radius 3 is 2.61 bits per heavy atom. The number of pyridine rings is 1. The number of nitro benzene ring substituents is 1. The Bertz CT molecular complexity index is 1510. The average Bonchev–Trinajstić information content (AvgIpc) is 3.53. The number of non-ortho nitro benzene ring substituents is 1. The molecule has 2 aromatic carbocycles. The second-order valence-corrected chi connectivity index (χ2v) is 8.96. The van der Waals surface area contributed by atoms with Crippen molar-refractivity contribution in [1.29, 1.82) is 0 Å². The Labute approximate surface area is 223 Å². The molecular weight excluding hydrogens is 506 g/mol. The second-order valence-electron chi connectivity index (χ2n) is 8.57. The van der Waals surface area contributed by atoms with Gasteiger partial charge in [-0.05, 0) is 66.8 Å². The highest BCUT2D eigenvalue weighted by Crippen LogP contribution is 2.44. The summed E-state index contributed by atoms with van der Waals surface area (Å²) in [6.07, 6.45) is 1.71. The summed E-state index contributed by atoms with van der Waals surface area (Å²) in [4.78, 5) is 28.9. The summed E-state index contributed by atoms with van der Waals surface area (Å²) in [7, 11) is 1.53. The van der Waals surface area contributed by atoms with E-state index in [4.69, 9.17) is 21.4 Å². The van der Waals surface area contributed by atoms with E-state index in [9.17, 15) is 14.9 Å². The van der Waals surface area contributed by atoms with Crippen molar-refractivity contribution in [2.24, 2.45) is 0 Å². The van der Waals surface area contributed by atoms with Crippen molar-refractivity contribution < 1.29 is 18.9 Å². The number of nitrogens with zero attached hydrogens (tertiary/aromatic N) is 3. The third-order valence-electron chi connectivity index (χ3n) is 6.15. The Morgan fingerprint density at radius 2 is 1.95 bits per heavy atom. The molecule has 3 heterocycles. The summed E-state index contributed by atoms with van der Waals surface area (Å²) in [5.41, 5.74) is 2.69. The van der Waals surface area contributed by atoms with E-state index >= 15 is 0 Å². The summed E-state index contributed by atoms with van der Waals surface area (Å²) in [6.45, 7) is 1.43. The second kappa shape index (κ2) is 10.3. The molecule has 1 saturated heterocycles. The number of carbonyl (C=O) groups excluding carboxylic acids is 1. The number of ether oxygens (including phenoxy) is 1. The summed E-state index contributed by atoms with van der Waals surface area (Å²) >= 11 is 5.77. The van der Waals surface area contributed by atoms with E-state index in [1.54, 1.807) is 30.5 Å². The summed E-state index contributed by atoms with van der Waals surface area (Å²) in [6, 6.07) is 20.1. The molecule has 0 saturated carbocycles. The number of nitrogens with one attached hydrogen (secondary N) is 2. The van der Waals surface area contributed by atoms with Crippen LogP contribution in [0.3, 0.4) is 0 Å². The van der Waals surface area contributed by atoms with Crippen LogP contribution in [0, 0.1) is 10.1 Å². The molecule has 0 bridgehead atoms. The van der Waals surface area contributed by atoms with Crippen LogP contribution in [0.4, 0.5) is 17.1 Å². The number of methoxy groups -OCH3 is 1. The van der Waals surface area contributed by atoms with Gasteiger partial charge in [0.15, 0.2) is 5.11 Å². The van der Waals surface area contributed by atoms with Crippen LogP contribution in [-0.4, -0.2) is 28.0 Å². The molecular formula is C27H23N5O5S. The molecule has 38 heavy (non-hydrogen) atoms. The van der Waals surface area contributed by atoms with Crippen molar-refractivity contribution in [1.82, 2.24) is 10.3 Å². The highest BCUT2D eigenvalue weighted by molar-refractivity contribution is 7.80. The summed E-state index contributed by atoms with van der Waals surface area (Å²) in [5.74, 6) is 1.45. The van der Waals surface area contributed by atoms with Gasteiger partial charge >= 0.3 is 0 Å². The number of furan rings is 1. The Hall–Kier alpha value is -4.77. The van der Waals surface area contributed by atoms with Gasteiger partial charge in [0.05, 0.1) is 29.5 Å². The lowest BCUT2D eigenvalue weighted by Gasteiger charge is -2.27. The first-order valence-corrected chi connectivity index (χ1v) is 12.1. The number of aromatic nitrogens is 1.